The summed E-state index contributed by atoms with van der Waals surface area (Å²) in [5, 5.41) is 12.4. The molecule has 2 aromatic carbocycles. The van der Waals surface area contributed by atoms with Gasteiger partial charge in [-0.1, -0.05) is 26.0 Å². The van der Waals surface area contributed by atoms with Crippen molar-refractivity contribution in [3.63, 3.8) is 0 Å². The van der Waals surface area contributed by atoms with Crippen LogP contribution in [0.5, 0.6) is 0 Å². The van der Waals surface area contributed by atoms with E-state index in [4.69, 9.17) is 0 Å². The Morgan fingerprint density at radius 3 is 2.06 bits per heavy atom. The number of benzene rings is 2. The lowest BCUT2D eigenvalue weighted by molar-refractivity contribution is -0.140. The summed E-state index contributed by atoms with van der Waals surface area (Å²) in [4.78, 5) is 26.8. The first-order chi connectivity index (χ1) is 22.5. The van der Waals surface area contributed by atoms with Crippen molar-refractivity contribution in [1.82, 2.24) is 14.8 Å². The van der Waals surface area contributed by atoms with E-state index in [1.165, 1.54) is 0 Å². The number of aliphatic carboxylic acids is 1. The Labute approximate surface area is 279 Å². The average Bonchev–Trinajstić information content (AvgIpc) is 2.95. The van der Waals surface area contributed by atoms with Crippen LogP contribution in [0, 0.1) is 38.3 Å². The van der Waals surface area contributed by atoms with Crippen LogP contribution in [0.3, 0.4) is 0 Å². The van der Waals surface area contributed by atoms with Gasteiger partial charge in [-0.2, -0.15) is 26.3 Å². The number of hydrogen-bond acceptors (Lipinski definition) is 4. The summed E-state index contributed by atoms with van der Waals surface area (Å²) in [6, 6.07) is 1.28. The van der Waals surface area contributed by atoms with E-state index in [0.717, 1.165) is 10.8 Å². The molecule has 14 heteroatoms. The topological polar surface area (TPSA) is 74.6 Å². The maximum atomic E-state index is 16.5. The highest BCUT2D eigenvalue weighted by atomic mass is 19.4. The van der Waals surface area contributed by atoms with Crippen molar-refractivity contribution in [2.75, 3.05) is 27.2 Å². The molecule has 270 valence electrons. The molecular formula is C35H41F8N3O3. The number of carboxylic acid groups (broad SMARTS) is 1. The van der Waals surface area contributed by atoms with Crippen molar-refractivity contribution in [2.45, 2.75) is 78.3 Å². The molecule has 2 N–H and O–H groups in total. The minimum atomic E-state index is -5.28. The number of carboxylic acids is 1. The van der Waals surface area contributed by atoms with Gasteiger partial charge in [0.1, 0.15) is 11.6 Å². The lowest BCUT2D eigenvalue weighted by Gasteiger charge is -2.28. The van der Waals surface area contributed by atoms with Gasteiger partial charge in [0, 0.05) is 48.6 Å². The average molecular weight is 704 g/mol. The molecule has 0 amide bonds. The number of carbonyl (C=O) groups is 1. The van der Waals surface area contributed by atoms with Gasteiger partial charge in [0.15, 0.2) is 0 Å². The molecule has 0 aliphatic heterocycles. The van der Waals surface area contributed by atoms with Gasteiger partial charge in [-0.15, -0.1) is 0 Å². The lowest BCUT2D eigenvalue weighted by Crippen LogP contribution is -2.37. The van der Waals surface area contributed by atoms with E-state index in [9.17, 15) is 41.0 Å². The standard InChI is InChI=1S/C35H41F8N3O3/c1-18(2)12-23(46-17-22(10-11-45(6)7)25(14-28(46)47)34(38,39)40)16-44-27(15-29(48)49)31-32(36)24(13-26(33(31)37)35(41,42)43)30-20(4)9-8-19(3)21(30)5/h8-9,13-14,17-18,23,27,44H,10-12,15-16H2,1-7H3,(H,48,49). The third-order valence-corrected chi connectivity index (χ3v) is 8.51. The summed E-state index contributed by atoms with van der Waals surface area (Å²) in [5.41, 5.74) is -4.26. The molecule has 6 nitrogen and oxygen atoms in total. The van der Waals surface area contributed by atoms with Crippen LogP contribution in [0.2, 0.25) is 0 Å². The summed E-state index contributed by atoms with van der Waals surface area (Å²) < 4.78 is 118. The van der Waals surface area contributed by atoms with Crippen molar-refractivity contribution in [1.29, 1.82) is 0 Å². The summed E-state index contributed by atoms with van der Waals surface area (Å²) in [7, 11) is 3.33. The van der Waals surface area contributed by atoms with Gasteiger partial charge in [0.2, 0.25) is 0 Å². The van der Waals surface area contributed by atoms with Crippen molar-refractivity contribution < 1.29 is 45.0 Å². The van der Waals surface area contributed by atoms with Crippen molar-refractivity contribution in [2.24, 2.45) is 5.92 Å². The molecule has 3 rings (SSSR count). The van der Waals surface area contributed by atoms with Crippen LogP contribution in [-0.4, -0.2) is 47.7 Å². The van der Waals surface area contributed by atoms with Crippen LogP contribution < -0.4 is 10.9 Å². The zero-order valence-corrected chi connectivity index (χ0v) is 28.3. The highest BCUT2D eigenvalue weighted by molar-refractivity contribution is 5.75. The Morgan fingerprint density at radius 2 is 1.53 bits per heavy atom. The summed E-state index contributed by atoms with van der Waals surface area (Å²) >= 11 is 0. The molecule has 0 saturated carbocycles. The zero-order valence-electron chi connectivity index (χ0n) is 28.3. The fourth-order valence-electron chi connectivity index (χ4n) is 5.97. The molecule has 2 unspecified atom stereocenters. The third-order valence-electron chi connectivity index (χ3n) is 8.51. The maximum Gasteiger partial charge on any atom is 0.419 e. The quantitative estimate of drug-likeness (QED) is 0.176. The second-order valence-corrected chi connectivity index (χ2v) is 13.1. The first-order valence-electron chi connectivity index (χ1n) is 15.6. The Hall–Kier alpha value is -3.78. The molecule has 0 bridgehead atoms. The van der Waals surface area contributed by atoms with E-state index in [2.05, 4.69) is 5.32 Å². The minimum absolute atomic E-state index is 0.0766. The van der Waals surface area contributed by atoms with Crippen molar-refractivity contribution >= 4 is 5.97 Å². The highest BCUT2D eigenvalue weighted by Gasteiger charge is 2.40. The number of nitrogens with zero attached hydrogens (tertiary/aromatic N) is 2. The minimum Gasteiger partial charge on any atom is -0.481 e. The number of nitrogens with one attached hydrogen (secondary N) is 1. The molecule has 0 spiro atoms. The van der Waals surface area contributed by atoms with Gasteiger partial charge >= 0.3 is 18.3 Å². The molecule has 3 aromatic rings. The monoisotopic (exact) mass is 703 g/mol. The predicted octanol–water partition coefficient (Wildman–Crippen LogP) is 8.25. The van der Waals surface area contributed by atoms with E-state index in [1.54, 1.807) is 65.7 Å². The largest absolute Gasteiger partial charge is 0.481 e. The van der Waals surface area contributed by atoms with E-state index >= 15 is 8.78 Å². The molecule has 0 radical (unpaired) electrons. The number of hydrogen-bond donors (Lipinski definition) is 2. The molecule has 0 saturated heterocycles. The van der Waals surface area contributed by atoms with Gasteiger partial charge in [0.05, 0.1) is 17.5 Å². The van der Waals surface area contributed by atoms with Crippen molar-refractivity contribution in [3.05, 3.63) is 91.4 Å². The first kappa shape index (κ1) is 39.7. The number of pyridine rings is 1. The summed E-state index contributed by atoms with van der Waals surface area (Å²) in [6.45, 7) is 8.11. The molecule has 1 aromatic heterocycles. The molecule has 2 atom stereocenters. The third kappa shape index (κ3) is 9.47. The van der Waals surface area contributed by atoms with E-state index in [0.29, 0.717) is 28.8 Å². The van der Waals surface area contributed by atoms with E-state index in [-0.39, 0.29) is 36.4 Å². The van der Waals surface area contributed by atoms with Crippen LogP contribution in [0.15, 0.2) is 35.3 Å². The van der Waals surface area contributed by atoms with Crippen molar-refractivity contribution in [3.8, 4) is 11.1 Å². The van der Waals surface area contributed by atoms with Crippen LogP contribution >= 0.6 is 0 Å². The van der Waals surface area contributed by atoms with E-state index in [1.807, 2.05) is 0 Å². The number of aryl methyl sites for hydroxylation is 2. The maximum absolute atomic E-state index is 16.5. The van der Waals surface area contributed by atoms with Crippen LogP contribution in [0.1, 0.15) is 77.7 Å². The fourth-order valence-corrected chi connectivity index (χ4v) is 5.97. The number of rotatable bonds is 13. The Morgan fingerprint density at radius 1 is 0.939 bits per heavy atom. The Kier molecular flexibility index (Phi) is 12.5. The zero-order chi connectivity index (χ0) is 37.2. The molecule has 0 fully saturated rings. The number of halogens is 8. The fraction of sp³-hybridized carbons (Fsp3) is 0.486. The highest BCUT2D eigenvalue weighted by Crippen LogP contribution is 2.42. The normalized spacial score (nSPS) is 13.7. The van der Waals surface area contributed by atoms with E-state index < -0.39 is 82.8 Å². The number of aromatic nitrogens is 1. The molecular weight excluding hydrogens is 662 g/mol. The second kappa shape index (κ2) is 15.4. The van der Waals surface area contributed by atoms with Gasteiger partial charge in [-0.3, -0.25) is 9.59 Å². The van der Waals surface area contributed by atoms with Gasteiger partial charge in [0.25, 0.3) is 5.56 Å². The van der Waals surface area contributed by atoms with Crippen LogP contribution in [0.25, 0.3) is 11.1 Å². The van der Waals surface area contributed by atoms with Gasteiger partial charge < -0.3 is 19.9 Å². The lowest BCUT2D eigenvalue weighted by atomic mass is 9.87. The van der Waals surface area contributed by atoms with Crippen LogP contribution in [-0.2, 0) is 23.6 Å². The Balaban J connectivity index is 2.23. The number of likely N-dealkylation sites (N-methyl/N-ethyl adjacent to an activating group) is 1. The molecule has 1 heterocycles. The summed E-state index contributed by atoms with van der Waals surface area (Å²) in [5.74, 6) is -5.14. The molecule has 0 aliphatic rings. The van der Waals surface area contributed by atoms with Crippen LogP contribution in [0.4, 0.5) is 35.1 Å². The number of alkyl halides is 6. The van der Waals surface area contributed by atoms with Gasteiger partial charge in [-0.05, 0) is 87.5 Å². The predicted molar refractivity (Wildman–Crippen MR) is 170 cm³/mol. The molecule has 0 aliphatic carbocycles. The van der Waals surface area contributed by atoms with Gasteiger partial charge in [-0.25, -0.2) is 8.78 Å². The summed E-state index contributed by atoms with van der Waals surface area (Å²) in [6.07, 6.45) is -10.0. The SMILES string of the molecule is Cc1ccc(C)c(-c2cc(C(F)(F)F)c(F)c(C(CC(=O)O)NCC(CC(C)C)n3cc(CCN(C)C)c(C(F)(F)F)cc3=O)c2F)c1C. The first-order valence-corrected chi connectivity index (χ1v) is 15.6. The second-order valence-electron chi connectivity index (χ2n) is 13.1. The Bertz CT molecular complexity index is 1730. The smallest absolute Gasteiger partial charge is 0.419 e. The molecule has 49 heavy (non-hydrogen) atoms.